The number of hydrogen-bond donors (Lipinski definition) is 2. The number of carbonyl (C=O) groups is 1. The number of benzene rings is 1. The minimum atomic E-state index is 0.681. The van der Waals surface area contributed by atoms with Crippen molar-refractivity contribution in [1.82, 2.24) is 25.0 Å². The summed E-state index contributed by atoms with van der Waals surface area (Å²) in [5.74, 6) is 0. The lowest BCUT2D eigenvalue weighted by molar-refractivity contribution is -0.109. The van der Waals surface area contributed by atoms with Crippen LogP contribution in [0.25, 0.3) is 10.9 Å². The second-order valence-corrected chi connectivity index (χ2v) is 10.1. The van der Waals surface area contributed by atoms with E-state index in [0.29, 0.717) is 6.41 Å². The highest BCUT2D eigenvalue weighted by Crippen LogP contribution is 2.20. The van der Waals surface area contributed by atoms with Crippen LogP contribution in [-0.4, -0.2) is 107 Å². The number of hydrogen-bond acceptors (Lipinski definition) is 5. The predicted octanol–water partition coefficient (Wildman–Crippen LogP) is 8.17. The van der Waals surface area contributed by atoms with Gasteiger partial charge < -0.3 is 24.8 Å². The van der Waals surface area contributed by atoms with Gasteiger partial charge in [-0.3, -0.25) is 9.69 Å². The molecular weight excluding hydrogens is 570 g/mol. The van der Waals surface area contributed by atoms with Crippen LogP contribution < -0.4 is 5.32 Å². The first-order valence-corrected chi connectivity index (χ1v) is 16.8. The minimum absolute atomic E-state index is 0.681. The Labute approximate surface area is 278 Å². The number of aryl methyl sites for hydroxylation is 1. The molecular formula is C36H70ClN5O2. The van der Waals surface area contributed by atoms with Gasteiger partial charge in [0.2, 0.25) is 6.41 Å². The van der Waals surface area contributed by atoms with Crippen molar-refractivity contribution in [3.8, 4) is 0 Å². The van der Waals surface area contributed by atoms with E-state index in [4.69, 9.17) is 11.6 Å². The Morgan fingerprint density at radius 3 is 1.95 bits per heavy atom. The van der Waals surface area contributed by atoms with Gasteiger partial charge in [-0.05, 0) is 92.0 Å². The average molecular weight is 640 g/mol. The summed E-state index contributed by atoms with van der Waals surface area (Å²) in [6, 6.07) is 8.21. The minimum Gasteiger partial charge on any atom is -0.385 e. The summed E-state index contributed by atoms with van der Waals surface area (Å²) in [6.07, 6.45) is 10.5. The number of allylic oxidation sites excluding steroid dienone is 2. The molecule has 2 aromatic rings. The molecule has 1 aromatic carbocycles. The molecule has 0 aliphatic carbocycles. The fourth-order valence-electron chi connectivity index (χ4n) is 3.47. The third-order valence-corrected chi connectivity index (χ3v) is 5.57. The Hall–Kier alpha value is -2.16. The predicted molar refractivity (Wildman–Crippen MR) is 199 cm³/mol. The van der Waals surface area contributed by atoms with Crippen LogP contribution in [0.1, 0.15) is 73.9 Å². The van der Waals surface area contributed by atoms with Gasteiger partial charge in [0.1, 0.15) is 0 Å². The molecule has 1 saturated heterocycles. The summed E-state index contributed by atoms with van der Waals surface area (Å²) in [6.45, 7) is 28.1. The molecule has 1 amide bonds. The van der Waals surface area contributed by atoms with Crippen molar-refractivity contribution in [3.05, 3.63) is 59.8 Å². The van der Waals surface area contributed by atoms with E-state index in [-0.39, 0.29) is 0 Å². The summed E-state index contributed by atoms with van der Waals surface area (Å²) in [7, 11) is 7.68. The number of nitrogens with one attached hydrogen (secondary N) is 2. The molecule has 7 nitrogen and oxygen atoms in total. The van der Waals surface area contributed by atoms with Gasteiger partial charge in [0.15, 0.2) is 0 Å². The lowest BCUT2D eigenvalue weighted by Gasteiger charge is -2.33. The molecule has 2 N–H and O–H groups in total. The van der Waals surface area contributed by atoms with Crippen molar-refractivity contribution < 1.29 is 9.53 Å². The van der Waals surface area contributed by atoms with Gasteiger partial charge in [-0.1, -0.05) is 64.4 Å². The van der Waals surface area contributed by atoms with Gasteiger partial charge >= 0.3 is 0 Å². The SMILES string of the molecule is C=CC.CC.CC.CCCN1CCN(C/C=C/CCc2cc3cc(Cl)ccc3[nH]2)CC1.CCNC=O.CCOC.CN(C)C. The molecule has 0 unspecified atom stereocenters. The lowest BCUT2D eigenvalue weighted by Crippen LogP contribution is -2.46. The number of aromatic amines is 1. The number of rotatable bonds is 10. The average Bonchev–Trinajstić information content (AvgIpc) is 3.43. The highest BCUT2D eigenvalue weighted by atomic mass is 35.5. The fourth-order valence-corrected chi connectivity index (χ4v) is 3.65. The van der Waals surface area contributed by atoms with Crippen LogP contribution in [0.4, 0.5) is 0 Å². The van der Waals surface area contributed by atoms with Gasteiger partial charge in [-0.2, -0.15) is 0 Å². The molecule has 8 heteroatoms. The van der Waals surface area contributed by atoms with Gasteiger partial charge in [-0.25, -0.2) is 0 Å². The number of fused-ring (bicyclic) bond motifs is 1. The van der Waals surface area contributed by atoms with Crippen molar-refractivity contribution in [2.24, 2.45) is 0 Å². The fraction of sp³-hybridized carbons (Fsp3) is 0.639. The van der Waals surface area contributed by atoms with Crippen molar-refractivity contribution in [3.63, 3.8) is 0 Å². The van der Waals surface area contributed by atoms with E-state index < -0.39 is 0 Å². The van der Waals surface area contributed by atoms with Crippen molar-refractivity contribution in [2.75, 3.05) is 80.7 Å². The number of ether oxygens (including phenoxy) is 1. The van der Waals surface area contributed by atoms with Crippen LogP contribution in [0, 0.1) is 0 Å². The topological polar surface area (TPSA) is 63.8 Å². The Morgan fingerprint density at radius 2 is 1.52 bits per heavy atom. The number of H-pyrrole nitrogens is 1. The second-order valence-electron chi connectivity index (χ2n) is 9.68. The maximum Gasteiger partial charge on any atom is 0.207 e. The Bertz CT molecular complexity index is 874. The van der Waals surface area contributed by atoms with Gasteiger partial charge in [0.05, 0.1) is 0 Å². The molecule has 1 fully saturated rings. The molecule has 258 valence electrons. The molecule has 0 atom stereocenters. The Morgan fingerprint density at radius 1 is 1.00 bits per heavy atom. The van der Waals surface area contributed by atoms with Gasteiger partial charge in [0, 0.05) is 74.6 Å². The smallest absolute Gasteiger partial charge is 0.207 e. The first-order chi connectivity index (χ1) is 21.2. The molecule has 2 heterocycles. The van der Waals surface area contributed by atoms with Gasteiger partial charge in [-0.15, -0.1) is 6.58 Å². The molecule has 1 aliphatic rings. The van der Waals surface area contributed by atoms with E-state index in [2.05, 4.69) is 62.6 Å². The van der Waals surface area contributed by atoms with Crippen molar-refractivity contribution in [2.45, 2.75) is 74.7 Å². The number of nitrogens with zero attached hydrogens (tertiary/aromatic N) is 3. The first kappa shape index (κ1) is 48.7. The highest BCUT2D eigenvalue weighted by Gasteiger charge is 2.14. The summed E-state index contributed by atoms with van der Waals surface area (Å²) in [5, 5.41) is 4.43. The summed E-state index contributed by atoms with van der Waals surface area (Å²) in [4.78, 5) is 19.9. The molecule has 1 aromatic heterocycles. The molecule has 0 radical (unpaired) electrons. The Kier molecular flexibility index (Phi) is 43.0. The largest absolute Gasteiger partial charge is 0.385 e. The summed E-state index contributed by atoms with van der Waals surface area (Å²) < 4.78 is 4.54. The summed E-state index contributed by atoms with van der Waals surface area (Å²) in [5.41, 5.74) is 2.45. The van der Waals surface area contributed by atoms with Crippen LogP contribution in [0.15, 0.2) is 49.1 Å². The zero-order chi connectivity index (χ0) is 34.6. The lowest BCUT2D eigenvalue weighted by atomic mass is 10.2. The molecule has 44 heavy (non-hydrogen) atoms. The third kappa shape index (κ3) is 32.7. The standard InChI is InChI=1S/C20H28ClN3.C3H7NO.C3H9N.C3H8O.C3H6.2C2H6/c1-2-9-23-11-13-24(14-12-23)10-5-3-4-6-19-16-17-15-18(21)7-8-20(17)22-19;1-2-4-3-5;1-4(2)3;1-3-4-2;1-3-2;2*1-2/h3,5,7-8,15-16,22H,2,4,6,9-14H2,1H3;3H,2H2,1H3,(H,4,5);1-3H3;3H2,1-2H3;3H,1H2,2H3;2*1-2H3/b5-3+;;;;;;. The number of carbonyl (C=O) groups excluding carboxylic acids is 1. The molecule has 1 aliphatic heterocycles. The zero-order valence-electron chi connectivity index (χ0n) is 30.6. The van der Waals surface area contributed by atoms with Crippen LogP contribution in [0.2, 0.25) is 5.02 Å². The van der Waals surface area contributed by atoms with E-state index in [1.807, 2.05) is 86.6 Å². The van der Waals surface area contributed by atoms with Crippen LogP contribution in [-0.2, 0) is 16.0 Å². The summed E-state index contributed by atoms with van der Waals surface area (Å²) >= 11 is 6.04. The maximum atomic E-state index is 9.29. The molecule has 0 saturated carbocycles. The number of piperazine rings is 1. The van der Waals surface area contributed by atoms with Crippen LogP contribution in [0.3, 0.4) is 0 Å². The highest BCUT2D eigenvalue weighted by molar-refractivity contribution is 6.31. The second kappa shape index (κ2) is 38.9. The van der Waals surface area contributed by atoms with Gasteiger partial charge in [0.25, 0.3) is 0 Å². The Balaban J connectivity index is -0.000000330. The van der Waals surface area contributed by atoms with Crippen molar-refractivity contribution in [1.29, 1.82) is 0 Å². The number of amides is 1. The third-order valence-electron chi connectivity index (χ3n) is 5.33. The number of aromatic nitrogens is 1. The van der Waals surface area contributed by atoms with E-state index in [1.165, 1.54) is 55.7 Å². The first-order valence-electron chi connectivity index (χ1n) is 16.4. The number of methoxy groups -OCH3 is 1. The number of halogens is 1. The quantitative estimate of drug-likeness (QED) is 0.203. The molecule has 0 bridgehead atoms. The maximum absolute atomic E-state index is 9.29. The van der Waals surface area contributed by atoms with Crippen molar-refractivity contribution >= 4 is 28.9 Å². The molecule has 0 spiro atoms. The zero-order valence-corrected chi connectivity index (χ0v) is 31.4. The normalized spacial score (nSPS) is 12.2. The van der Waals surface area contributed by atoms with Crippen LogP contribution in [0.5, 0.6) is 0 Å². The van der Waals surface area contributed by atoms with E-state index in [9.17, 15) is 4.79 Å². The van der Waals surface area contributed by atoms with E-state index in [1.54, 1.807) is 13.2 Å². The van der Waals surface area contributed by atoms with E-state index in [0.717, 1.165) is 37.6 Å². The van der Waals surface area contributed by atoms with E-state index >= 15 is 0 Å². The molecule has 3 rings (SSSR count). The monoisotopic (exact) mass is 640 g/mol. The van der Waals surface area contributed by atoms with Crippen LogP contribution >= 0.6 is 11.6 Å².